The third-order valence-corrected chi connectivity index (χ3v) is 4.40. The van der Waals surface area contributed by atoms with Gasteiger partial charge in [-0.1, -0.05) is 23.7 Å². The topological polar surface area (TPSA) is 64.3 Å². The second-order valence-electron chi connectivity index (χ2n) is 5.60. The van der Waals surface area contributed by atoms with Gasteiger partial charge in [-0.25, -0.2) is 0 Å². The van der Waals surface area contributed by atoms with Gasteiger partial charge >= 0.3 is 0 Å². The molecule has 0 aliphatic heterocycles. The molecule has 4 nitrogen and oxygen atoms in total. The van der Waals surface area contributed by atoms with Crippen molar-refractivity contribution >= 4 is 17.5 Å². The summed E-state index contributed by atoms with van der Waals surface area (Å²) in [6.07, 6.45) is 4.35. The van der Waals surface area contributed by atoms with Crippen LogP contribution in [0.15, 0.2) is 18.2 Å². The molecule has 1 fully saturated rings. The van der Waals surface area contributed by atoms with Gasteiger partial charge in [0.1, 0.15) is 0 Å². The first-order chi connectivity index (χ1) is 10.1. The molecule has 0 unspecified atom stereocenters. The third kappa shape index (κ3) is 4.70. The minimum absolute atomic E-state index is 0.155. The number of carbonyl (C=O) groups is 1. The summed E-state index contributed by atoms with van der Waals surface area (Å²) in [5.41, 5.74) is 7.27. The van der Waals surface area contributed by atoms with E-state index in [9.17, 15) is 4.79 Å². The Bertz CT molecular complexity index is 485. The van der Waals surface area contributed by atoms with Gasteiger partial charge < -0.3 is 15.8 Å². The minimum Gasteiger partial charge on any atom is -0.376 e. The average molecular weight is 311 g/mol. The summed E-state index contributed by atoms with van der Waals surface area (Å²) in [6, 6.07) is 5.77. The molecule has 1 aromatic rings. The van der Waals surface area contributed by atoms with Gasteiger partial charge in [0.15, 0.2) is 0 Å². The standard InChI is InChI=1S/C16H23ClN2O2/c1-11-3-2-4-14(15(11)17)16(20)19-9-10-21-13-7-5-12(18)6-8-13/h2-4,12-13H,5-10,18H2,1H3,(H,19,20). The van der Waals surface area contributed by atoms with Crippen molar-refractivity contribution in [2.45, 2.75) is 44.8 Å². The minimum atomic E-state index is -0.155. The van der Waals surface area contributed by atoms with Crippen LogP contribution in [0.1, 0.15) is 41.6 Å². The van der Waals surface area contributed by atoms with E-state index in [2.05, 4.69) is 5.32 Å². The van der Waals surface area contributed by atoms with Crippen molar-refractivity contribution in [1.29, 1.82) is 0 Å². The maximum Gasteiger partial charge on any atom is 0.252 e. The zero-order chi connectivity index (χ0) is 15.2. The van der Waals surface area contributed by atoms with E-state index in [-0.39, 0.29) is 12.0 Å². The number of rotatable bonds is 5. The molecule has 0 spiro atoms. The van der Waals surface area contributed by atoms with E-state index in [0.29, 0.717) is 29.8 Å². The van der Waals surface area contributed by atoms with Gasteiger partial charge in [0.05, 0.1) is 23.3 Å². The summed E-state index contributed by atoms with van der Waals surface area (Å²) < 4.78 is 5.77. The van der Waals surface area contributed by atoms with Crippen molar-refractivity contribution in [1.82, 2.24) is 5.32 Å². The van der Waals surface area contributed by atoms with Crippen LogP contribution in [0, 0.1) is 6.92 Å². The Morgan fingerprint density at radius 2 is 2.10 bits per heavy atom. The van der Waals surface area contributed by atoms with E-state index in [1.54, 1.807) is 6.07 Å². The van der Waals surface area contributed by atoms with Gasteiger partial charge in [0.2, 0.25) is 0 Å². The zero-order valence-corrected chi connectivity index (χ0v) is 13.2. The van der Waals surface area contributed by atoms with E-state index in [4.69, 9.17) is 22.1 Å². The number of ether oxygens (including phenoxy) is 1. The molecule has 0 bridgehead atoms. The smallest absolute Gasteiger partial charge is 0.252 e. The molecule has 0 atom stereocenters. The van der Waals surface area contributed by atoms with Gasteiger partial charge in [-0.05, 0) is 44.2 Å². The molecule has 1 aromatic carbocycles. The second-order valence-corrected chi connectivity index (χ2v) is 5.98. The maximum absolute atomic E-state index is 12.0. The van der Waals surface area contributed by atoms with Crippen LogP contribution >= 0.6 is 11.6 Å². The summed E-state index contributed by atoms with van der Waals surface area (Å²) in [5.74, 6) is -0.155. The molecule has 0 aromatic heterocycles. The van der Waals surface area contributed by atoms with Crippen molar-refractivity contribution in [2.24, 2.45) is 5.73 Å². The first-order valence-electron chi connectivity index (χ1n) is 7.48. The lowest BCUT2D eigenvalue weighted by atomic mass is 9.94. The van der Waals surface area contributed by atoms with Crippen LogP contribution in [-0.2, 0) is 4.74 Å². The summed E-state index contributed by atoms with van der Waals surface area (Å²) in [6.45, 7) is 2.90. The van der Waals surface area contributed by atoms with E-state index >= 15 is 0 Å². The number of hydrogen-bond acceptors (Lipinski definition) is 3. The van der Waals surface area contributed by atoms with Gasteiger partial charge in [-0.15, -0.1) is 0 Å². The van der Waals surface area contributed by atoms with Crippen LogP contribution in [0.2, 0.25) is 5.02 Å². The van der Waals surface area contributed by atoms with E-state index in [0.717, 1.165) is 31.2 Å². The van der Waals surface area contributed by atoms with E-state index < -0.39 is 0 Å². The molecule has 116 valence electrons. The lowest BCUT2D eigenvalue weighted by molar-refractivity contribution is 0.0267. The van der Waals surface area contributed by atoms with E-state index in [1.807, 2.05) is 19.1 Å². The van der Waals surface area contributed by atoms with Crippen LogP contribution in [0.3, 0.4) is 0 Å². The molecule has 1 aliphatic carbocycles. The molecule has 21 heavy (non-hydrogen) atoms. The number of carbonyl (C=O) groups excluding carboxylic acids is 1. The molecule has 2 rings (SSSR count). The first kappa shape index (κ1) is 16.3. The number of amides is 1. The Kier molecular flexibility index (Phi) is 6.03. The van der Waals surface area contributed by atoms with Crippen LogP contribution in [-0.4, -0.2) is 31.2 Å². The third-order valence-electron chi connectivity index (χ3n) is 3.90. The number of aryl methyl sites for hydroxylation is 1. The van der Waals surface area contributed by atoms with Crippen molar-refractivity contribution in [3.63, 3.8) is 0 Å². The Balaban J connectivity index is 1.71. The summed E-state index contributed by atoms with van der Waals surface area (Å²) in [4.78, 5) is 12.0. The fraction of sp³-hybridized carbons (Fsp3) is 0.562. The number of hydrogen-bond donors (Lipinski definition) is 2. The Morgan fingerprint density at radius 1 is 1.38 bits per heavy atom. The highest BCUT2D eigenvalue weighted by Gasteiger charge is 2.18. The molecule has 1 amide bonds. The van der Waals surface area contributed by atoms with E-state index in [1.165, 1.54) is 0 Å². The molecule has 0 saturated heterocycles. The largest absolute Gasteiger partial charge is 0.376 e. The van der Waals surface area contributed by atoms with Crippen LogP contribution in [0.5, 0.6) is 0 Å². The Hall–Kier alpha value is -1.10. The summed E-state index contributed by atoms with van der Waals surface area (Å²) in [5, 5.41) is 3.35. The van der Waals surface area contributed by atoms with Crippen LogP contribution in [0.4, 0.5) is 0 Å². The van der Waals surface area contributed by atoms with Crippen molar-refractivity contribution in [2.75, 3.05) is 13.2 Å². The zero-order valence-electron chi connectivity index (χ0n) is 12.4. The number of halogens is 1. The molecule has 0 heterocycles. The monoisotopic (exact) mass is 310 g/mol. The normalized spacial score (nSPS) is 22.0. The predicted octanol–water partition coefficient (Wildman–Crippen LogP) is 2.66. The van der Waals surface area contributed by atoms with Gasteiger partial charge in [0.25, 0.3) is 5.91 Å². The highest BCUT2D eigenvalue weighted by atomic mass is 35.5. The SMILES string of the molecule is Cc1cccc(C(=O)NCCOC2CCC(N)CC2)c1Cl. The Labute approximate surface area is 131 Å². The molecule has 5 heteroatoms. The van der Waals surface area contributed by atoms with Gasteiger partial charge in [0, 0.05) is 12.6 Å². The number of nitrogens with one attached hydrogen (secondary N) is 1. The highest BCUT2D eigenvalue weighted by Crippen LogP contribution is 2.20. The quantitative estimate of drug-likeness (QED) is 0.822. The van der Waals surface area contributed by atoms with Crippen molar-refractivity contribution in [3.05, 3.63) is 34.3 Å². The molecule has 0 radical (unpaired) electrons. The van der Waals surface area contributed by atoms with Crippen molar-refractivity contribution in [3.8, 4) is 0 Å². The highest BCUT2D eigenvalue weighted by molar-refractivity contribution is 6.34. The maximum atomic E-state index is 12.0. The number of nitrogens with two attached hydrogens (primary N) is 1. The molecule has 1 saturated carbocycles. The number of benzene rings is 1. The second kappa shape index (κ2) is 7.78. The Morgan fingerprint density at radius 3 is 2.81 bits per heavy atom. The molecular weight excluding hydrogens is 288 g/mol. The lowest BCUT2D eigenvalue weighted by Gasteiger charge is -2.26. The molecule has 3 N–H and O–H groups in total. The molecule has 1 aliphatic rings. The van der Waals surface area contributed by atoms with Gasteiger partial charge in [-0.2, -0.15) is 0 Å². The van der Waals surface area contributed by atoms with Crippen LogP contribution < -0.4 is 11.1 Å². The summed E-state index contributed by atoms with van der Waals surface area (Å²) >= 11 is 6.13. The predicted molar refractivity (Wildman–Crippen MR) is 84.7 cm³/mol. The fourth-order valence-corrected chi connectivity index (χ4v) is 2.78. The fourth-order valence-electron chi connectivity index (χ4n) is 2.56. The van der Waals surface area contributed by atoms with Crippen LogP contribution in [0.25, 0.3) is 0 Å². The molecular formula is C16H23ClN2O2. The lowest BCUT2D eigenvalue weighted by Crippen LogP contribution is -2.33. The first-order valence-corrected chi connectivity index (χ1v) is 7.86. The van der Waals surface area contributed by atoms with Gasteiger partial charge in [-0.3, -0.25) is 4.79 Å². The summed E-state index contributed by atoms with van der Waals surface area (Å²) in [7, 11) is 0. The average Bonchev–Trinajstić information content (AvgIpc) is 2.48. The van der Waals surface area contributed by atoms with Crippen molar-refractivity contribution < 1.29 is 9.53 Å².